The van der Waals surface area contributed by atoms with Crippen LogP contribution in [0.1, 0.15) is 16.7 Å². The van der Waals surface area contributed by atoms with Gasteiger partial charge in [0.05, 0.1) is 0 Å². The van der Waals surface area contributed by atoms with Crippen molar-refractivity contribution < 1.29 is 0 Å². The zero-order valence-corrected chi connectivity index (χ0v) is 20.2. The molecular weight excluding hydrogens is 438 g/mol. The molecule has 1 fully saturated rings. The second-order valence-corrected chi connectivity index (χ2v) is 9.84. The van der Waals surface area contributed by atoms with E-state index in [4.69, 9.17) is 17.3 Å². The summed E-state index contributed by atoms with van der Waals surface area (Å²) in [5.41, 5.74) is 11.2. The van der Waals surface area contributed by atoms with Gasteiger partial charge in [0.25, 0.3) is 0 Å². The number of hydrogen-bond donors (Lipinski definition) is 2. The van der Waals surface area contributed by atoms with Crippen LogP contribution in [0.5, 0.6) is 0 Å². The molecule has 0 bridgehead atoms. The topological polar surface area (TPSA) is 41.3 Å². The van der Waals surface area contributed by atoms with E-state index in [-0.39, 0.29) is 0 Å². The van der Waals surface area contributed by atoms with E-state index in [1.165, 1.54) is 33.2 Å². The number of halogens is 1. The van der Waals surface area contributed by atoms with E-state index in [2.05, 4.69) is 89.1 Å². The van der Waals surface area contributed by atoms with Gasteiger partial charge < -0.3 is 16.0 Å². The monoisotopic (exact) mass is 469 g/mol. The van der Waals surface area contributed by atoms with Gasteiger partial charge in [-0.1, -0.05) is 72.3 Å². The minimum Gasteiger partial charge on any atom is -0.367 e. The maximum atomic E-state index is 6.22. The average molecular weight is 470 g/mol. The highest BCUT2D eigenvalue weighted by molar-refractivity contribution is 6.30. The number of nitrogens with two attached hydrogens (primary N) is 1. The Morgan fingerprint density at radius 2 is 1.62 bits per heavy atom. The fourth-order valence-corrected chi connectivity index (χ4v) is 5.36. The molecule has 1 saturated heterocycles. The molecule has 174 valence electrons. The number of benzene rings is 4. The molecule has 1 aliphatic rings. The summed E-state index contributed by atoms with van der Waals surface area (Å²) in [6, 6.07) is 32.3. The SMILES string of the molecule is NCc1cccc2ccc(CN(C[C@H]3CNC[C@@H]3Cc3ccccc3)c3ccc(Cl)cc3)cc12. The summed E-state index contributed by atoms with van der Waals surface area (Å²) in [4.78, 5) is 2.51. The van der Waals surface area contributed by atoms with Gasteiger partial charge in [0.2, 0.25) is 0 Å². The van der Waals surface area contributed by atoms with Crippen LogP contribution >= 0.6 is 11.6 Å². The Morgan fingerprint density at radius 1 is 0.824 bits per heavy atom. The van der Waals surface area contributed by atoms with Crippen molar-refractivity contribution in [2.75, 3.05) is 24.5 Å². The first-order valence-electron chi connectivity index (χ1n) is 12.2. The summed E-state index contributed by atoms with van der Waals surface area (Å²) in [5, 5.41) is 6.92. The van der Waals surface area contributed by atoms with Gasteiger partial charge in [-0.2, -0.15) is 0 Å². The largest absolute Gasteiger partial charge is 0.367 e. The number of nitrogens with one attached hydrogen (secondary N) is 1. The zero-order chi connectivity index (χ0) is 23.3. The maximum absolute atomic E-state index is 6.22. The first kappa shape index (κ1) is 22.9. The van der Waals surface area contributed by atoms with Gasteiger partial charge in [-0.3, -0.25) is 0 Å². The molecule has 0 radical (unpaired) electrons. The molecule has 4 aromatic carbocycles. The third-order valence-corrected chi connectivity index (χ3v) is 7.35. The molecule has 0 saturated carbocycles. The number of rotatable bonds is 8. The summed E-state index contributed by atoms with van der Waals surface area (Å²) in [7, 11) is 0. The first-order chi connectivity index (χ1) is 16.7. The van der Waals surface area contributed by atoms with Crippen molar-refractivity contribution in [1.82, 2.24) is 5.32 Å². The van der Waals surface area contributed by atoms with Gasteiger partial charge in [0.15, 0.2) is 0 Å². The van der Waals surface area contributed by atoms with Crippen LogP contribution in [0.25, 0.3) is 10.8 Å². The minimum absolute atomic E-state index is 0.552. The predicted molar refractivity (Wildman–Crippen MR) is 144 cm³/mol. The second kappa shape index (κ2) is 10.6. The molecule has 2 atom stereocenters. The van der Waals surface area contributed by atoms with E-state index in [1.807, 2.05) is 12.1 Å². The number of anilines is 1. The molecule has 0 aliphatic carbocycles. The molecule has 3 nitrogen and oxygen atoms in total. The lowest BCUT2D eigenvalue weighted by Gasteiger charge is -2.30. The van der Waals surface area contributed by atoms with Crippen molar-refractivity contribution in [3.63, 3.8) is 0 Å². The highest BCUT2D eigenvalue weighted by Gasteiger charge is 2.29. The Hall–Kier alpha value is -2.85. The Balaban J connectivity index is 1.41. The van der Waals surface area contributed by atoms with E-state index in [9.17, 15) is 0 Å². The molecule has 0 spiro atoms. The molecule has 3 N–H and O–H groups in total. The van der Waals surface area contributed by atoms with E-state index in [0.29, 0.717) is 18.4 Å². The number of hydrogen-bond acceptors (Lipinski definition) is 3. The molecule has 4 aromatic rings. The van der Waals surface area contributed by atoms with Crippen molar-refractivity contribution >= 4 is 28.1 Å². The second-order valence-electron chi connectivity index (χ2n) is 9.40. The van der Waals surface area contributed by atoms with Crippen LogP contribution in [0.4, 0.5) is 5.69 Å². The fourth-order valence-electron chi connectivity index (χ4n) is 5.23. The van der Waals surface area contributed by atoms with Gasteiger partial charge in [-0.15, -0.1) is 0 Å². The maximum Gasteiger partial charge on any atom is 0.0429 e. The lowest BCUT2D eigenvalue weighted by molar-refractivity contribution is 0.413. The van der Waals surface area contributed by atoms with E-state index in [0.717, 1.165) is 37.6 Å². The lowest BCUT2D eigenvalue weighted by Crippen LogP contribution is -2.33. The highest BCUT2D eigenvalue weighted by atomic mass is 35.5. The minimum atomic E-state index is 0.552. The molecule has 34 heavy (non-hydrogen) atoms. The van der Waals surface area contributed by atoms with Crippen LogP contribution in [0, 0.1) is 11.8 Å². The zero-order valence-electron chi connectivity index (χ0n) is 19.5. The molecule has 1 heterocycles. The molecule has 5 rings (SSSR count). The highest BCUT2D eigenvalue weighted by Crippen LogP contribution is 2.28. The summed E-state index contributed by atoms with van der Waals surface area (Å²) in [5.74, 6) is 1.20. The molecule has 4 heteroatoms. The van der Waals surface area contributed by atoms with Crippen LogP contribution in [0.15, 0.2) is 91.0 Å². The molecule has 0 amide bonds. The average Bonchev–Trinajstić information content (AvgIpc) is 3.30. The van der Waals surface area contributed by atoms with Gasteiger partial charge >= 0.3 is 0 Å². The predicted octanol–water partition coefficient (Wildman–Crippen LogP) is 6.04. The van der Waals surface area contributed by atoms with Crippen LogP contribution in [-0.4, -0.2) is 19.6 Å². The summed E-state index contributed by atoms with van der Waals surface area (Å²) < 4.78 is 0. The van der Waals surface area contributed by atoms with E-state index in [1.54, 1.807) is 0 Å². The summed E-state index contributed by atoms with van der Waals surface area (Å²) >= 11 is 6.22. The smallest absolute Gasteiger partial charge is 0.0429 e. The van der Waals surface area contributed by atoms with Crippen LogP contribution in [0.2, 0.25) is 5.02 Å². The summed E-state index contributed by atoms with van der Waals surface area (Å²) in [6.07, 6.45) is 1.11. The van der Waals surface area contributed by atoms with Crippen molar-refractivity contribution in [2.24, 2.45) is 17.6 Å². The van der Waals surface area contributed by atoms with Crippen molar-refractivity contribution in [2.45, 2.75) is 19.5 Å². The van der Waals surface area contributed by atoms with Gasteiger partial charge in [-0.05, 0) is 89.1 Å². The molecule has 0 unspecified atom stereocenters. The number of nitrogens with zero attached hydrogens (tertiary/aromatic N) is 1. The standard InChI is InChI=1S/C30H32ClN3/c31-28-11-13-29(14-12-28)34(20-23-9-10-24-7-4-8-25(17-32)30(24)16-23)21-27-19-33-18-26(27)15-22-5-2-1-3-6-22/h1-14,16,26-27,33H,15,17-21,32H2/t26-,27+/m0/s1. The molecule has 1 aliphatic heterocycles. The Morgan fingerprint density at radius 3 is 2.41 bits per heavy atom. The van der Waals surface area contributed by atoms with Gasteiger partial charge in [0.1, 0.15) is 0 Å². The summed E-state index contributed by atoms with van der Waals surface area (Å²) in [6.45, 7) is 4.53. The van der Waals surface area contributed by atoms with Crippen LogP contribution in [-0.2, 0) is 19.5 Å². The van der Waals surface area contributed by atoms with Crippen molar-refractivity contribution in [1.29, 1.82) is 0 Å². The van der Waals surface area contributed by atoms with Gasteiger partial charge in [0, 0.05) is 30.3 Å². The van der Waals surface area contributed by atoms with Gasteiger partial charge in [-0.25, -0.2) is 0 Å². The van der Waals surface area contributed by atoms with Crippen LogP contribution < -0.4 is 16.0 Å². The number of fused-ring (bicyclic) bond motifs is 1. The van der Waals surface area contributed by atoms with Crippen molar-refractivity contribution in [3.05, 3.63) is 113 Å². The quantitative estimate of drug-likeness (QED) is 0.330. The van der Waals surface area contributed by atoms with E-state index < -0.39 is 0 Å². The third kappa shape index (κ3) is 5.28. The normalized spacial score (nSPS) is 17.8. The van der Waals surface area contributed by atoms with Crippen LogP contribution in [0.3, 0.4) is 0 Å². The van der Waals surface area contributed by atoms with E-state index >= 15 is 0 Å². The Labute approximate surface area is 207 Å². The Bertz CT molecular complexity index is 1220. The fraction of sp³-hybridized carbons (Fsp3) is 0.267. The first-order valence-corrected chi connectivity index (χ1v) is 12.5. The lowest BCUT2D eigenvalue weighted by atomic mass is 9.89. The molecule has 0 aromatic heterocycles. The molecular formula is C30H32ClN3. The third-order valence-electron chi connectivity index (χ3n) is 7.10. The van der Waals surface area contributed by atoms with Crippen molar-refractivity contribution in [3.8, 4) is 0 Å². The Kier molecular flexibility index (Phi) is 7.15.